The Labute approximate surface area is 109 Å². The van der Waals surface area contributed by atoms with Gasteiger partial charge in [-0.3, -0.25) is 0 Å². The summed E-state index contributed by atoms with van der Waals surface area (Å²) in [4.78, 5) is 0. The Bertz CT molecular complexity index is 416. The molecule has 2 aliphatic carbocycles. The van der Waals surface area contributed by atoms with Gasteiger partial charge < -0.3 is 10.1 Å². The fourth-order valence-electron chi connectivity index (χ4n) is 3.88. The Kier molecular flexibility index (Phi) is 3.19. The maximum absolute atomic E-state index is 11.5. The summed E-state index contributed by atoms with van der Waals surface area (Å²) in [5.41, 5.74) is 0.336. The lowest BCUT2D eigenvalue weighted by molar-refractivity contribution is -0.174. The van der Waals surface area contributed by atoms with Crippen LogP contribution in [0, 0.1) is 5.41 Å². The van der Waals surface area contributed by atoms with Crippen LogP contribution in [0.25, 0.3) is 0 Å². The summed E-state index contributed by atoms with van der Waals surface area (Å²) in [5.74, 6) is 0.693. The molecule has 2 saturated carbocycles. The van der Waals surface area contributed by atoms with Gasteiger partial charge in [0.05, 0.1) is 17.6 Å². The highest BCUT2D eigenvalue weighted by atomic mass is 32.2. The SMILES string of the molecule is CCOC1CC(NC2CCS(=O)(=O)C2)C12CCC2. The molecule has 1 saturated heterocycles. The van der Waals surface area contributed by atoms with Crippen molar-refractivity contribution in [2.24, 2.45) is 5.41 Å². The highest BCUT2D eigenvalue weighted by Crippen LogP contribution is 2.57. The predicted octanol–water partition coefficient (Wildman–Crippen LogP) is 1.11. The van der Waals surface area contributed by atoms with Gasteiger partial charge in [0.15, 0.2) is 9.84 Å². The van der Waals surface area contributed by atoms with Crippen LogP contribution in [0.2, 0.25) is 0 Å². The summed E-state index contributed by atoms with van der Waals surface area (Å²) in [6, 6.07) is 0.668. The topological polar surface area (TPSA) is 55.4 Å². The largest absolute Gasteiger partial charge is 0.378 e. The number of nitrogens with one attached hydrogen (secondary N) is 1. The molecule has 104 valence electrons. The number of rotatable bonds is 4. The zero-order chi connectivity index (χ0) is 12.8. The van der Waals surface area contributed by atoms with Gasteiger partial charge in [0, 0.05) is 24.1 Å². The first kappa shape index (κ1) is 12.9. The lowest BCUT2D eigenvalue weighted by Gasteiger charge is -2.61. The van der Waals surface area contributed by atoms with E-state index in [4.69, 9.17) is 4.74 Å². The highest BCUT2D eigenvalue weighted by Gasteiger charge is 2.59. The Hall–Kier alpha value is -0.130. The van der Waals surface area contributed by atoms with Crippen LogP contribution in [-0.2, 0) is 14.6 Å². The zero-order valence-electron chi connectivity index (χ0n) is 11.0. The molecule has 3 aliphatic rings. The van der Waals surface area contributed by atoms with E-state index in [1.165, 1.54) is 19.3 Å². The van der Waals surface area contributed by atoms with Crippen molar-refractivity contribution in [1.29, 1.82) is 0 Å². The van der Waals surface area contributed by atoms with E-state index in [0.29, 0.717) is 29.1 Å². The van der Waals surface area contributed by atoms with Crippen molar-refractivity contribution >= 4 is 9.84 Å². The summed E-state index contributed by atoms with van der Waals surface area (Å²) in [7, 11) is -2.77. The minimum Gasteiger partial charge on any atom is -0.378 e. The minimum absolute atomic E-state index is 0.181. The summed E-state index contributed by atoms with van der Waals surface area (Å²) in [6.45, 7) is 2.84. The van der Waals surface area contributed by atoms with E-state index in [2.05, 4.69) is 12.2 Å². The van der Waals surface area contributed by atoms with Crippen molar-refractivity contribution < 1.29 is 13.2 Å². The van der Waals surface area contributed by atoms with Crippen LogP contribution in [0.1, 0.15) is 39.0 Å². The van der Waals surface area contributed by atoms with Crippen LogP contribution in [0.15, 0.2) is 0 Å². The van der Waals surface area contributed by atoms with Crippen molar-refractivity contribution in [2.75, 3.05) is 18.1 Å². The summed E-state index contributed by atoms with van der Waals surface area (Å²) >= 11 is 0. The number of hydrogen-bond donors (Lipinski definition) is 1. The molecule has 0 aromatic carbocycles. The number of sulfone groups is 1. The second-order valence-corrected chi connectivity index (χ2v) is 8.31. The van der Waals surface area contributed by atoms with Gasteiger partial charge in [-0.05, 0) is 32.6 Å². The third-order valence-electron chi connectivity index (χ3n) is 5.11. The molecule has 4 nitrogen and oxygen atoms in total. The molecule has 1 aliphatic heterocycles. The number of hydrogen-bond acceptors (Lipinski definition) is 4. The van der Waals surface area contributed by atoms with E-state index in [1.54, 1.807) is 0 Å². The van der Waals surface area contributed by atoms with Gasteiger partial charge in [-0.1, -0.05) is 6.42 Å². The van der Waals surface area contributed by atoms with Gasteiger partial charge in [0.1, 0.15) is 0 Å². The molecule has 0 aromatic rings. The van der Waals surface area contributed by atoms with Crippen molar-refractivity contribution in [3.8, 4) is 0 Å². The minimum atomic E-state index is -2.77. The number of ether oxygens (including phenoxy) is 1. The predicted molar refractivity (Wildman–Crippen MR) is 70.3 cm³/mol. The third-order valence-corrected chi connectivity index (χ3v) is 6.87. The first-order chi connectivity index (χ1) is 8.56. The highest BCUT2D eigenvalue weighted by molar-refractivity contribution is 7.91. The third kappa shape index (κ3) is 2.00. The van der Waals surface area contributed by atoms with Crippen LogP contribution in [-0.4, -0.2) is 44.7 Å². The van der Waals surface area contributed by atoms with Gasteiger partial charge in [-0.25, -0.2) is 8.42 Å². The molecule has 0 aromatic heterocycles. The van der Waals surface area contributed by atoms with Crippen molar-refractivity contribution in [3.05, 3.63) is 0 Å². The van der Waals surface area contributed by atoms with Gasteiger partial charge >= 0.3 is 0 Å². The summed E-state index contributed by atoms with van der Waals surface area (Å²) < 4.78 is 28.8. The van der Waals surface area contributed by atoms with Crippen molar-refractivity contribution in [1.82, 2.24) is 5.32 Å². The van der Waals surface area contributed by atoms with Gasteiger partial charge in [-0.2, -0.15) is 0 Å². The zero-order valence-corrected chi connectivity index (χ0v) is 11.8. The Morgan fingerprint density at radius 2 is 2.17 bits per heavy atom. The maximum Gasteiger partial charge on any atom is 0.151 e. The molecule has 1 N–H and O–H groups in total. The lowest BCUT2D eigenvalue weighted by Crippen LogP contribution is -2.68. The van der Waals surface area contributed by atoms with E-state index < -0.39 is 9.84 Å². The molecule has 3 atom stereocenters. The van der Waals surface area contributed by atoms with Gasteiger partial charge in [0.2, 0.25) is 0 Å². The molecular formula is C13H23NO3S. The fraction of sp³-hybridized carbons (Fsp3) is 1.00. The van der Waals surface area contributed by atoms with E-state index in [0.717, 1.165) is 19.4 Å². The van der Waals surface area contributed by atoms with Crippen LogP contribution in [0.5, 0.6) is 0 Å². The second kappa shape index (κ2) is 4.46. The molecule has 0 radical (unpaired) electrons. The average Bonchev–Trinajstić information content (AvgIpc) is 2.54. The standard InChI is InChI=1S/C13H23NO3S/c1-2-17-12-8-11(13(12)5-3-6-13)14-10-4-7-18(15,16)9-10/h10-12,14H,2-9H2,1H3. The second-order valence-electron chi connectivity index (χ2n) is 6.09. The van der Waals surface area contributed by atoms with Gasteiger partial charge in [-0.15, -0.1) is 0 Å². The van der Waals surface area contributed by atoms with Crippen LogP contribution in [0.4, 0.5) is 0 Å². The van der Waals surface area contributed by atoms with Crippen molar-refractivity contribution in [2.45, 2.75) is 57.2 Å². The van der Waals surface area contributed by atoms with Crippen LogP contribution < -0.4 is 5.32 Å². The smallest absolute Gasteiger partial charge is 0.151 e. The Morgan fingerprint density at radius 3 is 2.67 bits per heavy atom. The van der Waals surface area contributed by atoms with Crippen LogP contribution in [0.3, 0.4) is 0 Å². The summed E-state index contributed by atoms with van der Waals surface area (Å²) in [6.07, 6.45) is 6.04. The Morgan fingerprint density at radius 1 is 1.39 bits per heavy atom. The molecule has 3 fully saturated rings. The van der Waals surface area contributed by atoms with E-state index >= 15 is 0 Å². The summed E-state index contributed by atoms with van der Waals surface area (Å²) in [5, 5.41) is 3.59. The molecular weight excluding hydrogens is 250 g/mol. The van der Waals surface area contributed by atoms with E-state index in [9.17, 15) is 8.42 Å². The molecule has 0 bridgehead atoms. The average molecular weight is 273 g/mol. The first-order valence-corrected chi connectivity index (χ1v) is 8.96. The molecule has 1 spiro atoms. The first-order valence-electron chi connectivity index (χ1n) is 7.14. The van der Waals surface area contributed by atoms with Crippen molar-refractivity contribution in [3.63, 3.8) is 0 Å². The molecule has 1 heterocycles. The molecule has 0 amide bonds. The fourth-order valence-corrected chi connectivity index (χ4v) is 5.57. The van der Waals surface area contributed by atoms with E-state index in [-0.39, 0.29) is 6.04 Å². The quantitative estimate of drug-likeness (QED) is 0.834. The maximum atomic E-state index is 11.5. The molecule has 5 heteroatoms. The van der Waals surface area contributed by atoms with Gasteiger partial charge in [0.25, 0.3) is 0 Å². The lowest BCUT2D eigenvalue weighted by atomic mass is 9.51. The Balaban J connectivity index is 1.58. The van der Waals surface area contributed by atoms with E-state index in [1.807, 2.05) is 0 Å². The monoisotopic (exact) mass is 273 g/mol. The molecule has 3 unspecified atom stereocenters. The molecule has 18 heavy (non-hydrogen) atoms. The van der Waals surface area contributed by atoms with Crippen LogP contribution >= 0.6 is 0 Å². The normalized spacial score (nSPS) is 40.4. The molecule has 3 rings (SSSR count).